The van der Waals surface area contributed by atoms with Crippen LogP contribution in [0.15, 0.2) is 30.3 Å². The average Bonchev–Trinajstić information content (AvgIpc) is 2.22. The predicted molar refractivity (Wildman–Crippen MR) is 73.8 cm³/mol. The fraction of sp³-hybridized carbons (Fsp3) is 0.500. The van der Waals surface area contributed by atoms with Crippen LogP contribution in [0.4, 0.5) is 0 Å². The van der Waals surface area contributed by atoms with Gasteiger partial charge in [0, 0.05) is 0 Å². The Balaban J connectivity index is 0.00000162. The van der Waals surface area contributed by atoms with Crippen LogP contribution in [0.1, 0.15) is 38.2 Å². The van der Waals surface area contributed by atoms with Gasteiger partial charge in [-0.25, -0.2) is 0 Å². The lowest BCUT2D eigenvalue weighted by molar-refractivity contribution is -0.159. The molecule has 1 aliphatic rings. The maximum atomic E-state index is 11.6. The summed E-state index contributed by atoms with van der Waals surface area (Å²) >= 11 is 0. The Bertz CT molecular complexity index is 394. The van der Waals surface area contributed by atoms with E-state index >= 15 is 0 Å². The number of esters is 1. The van der Waals surface area contributed by atoms with Gasteiger partial charge in [0.05, 0.1) is 0 Å². The molecular weight excluding hydrogens is 250 g/mol. The number of carbonyl (C=O) groups is 1. The summed E-state index contributed by atoms with van der Waals surface area (Å²) in [5, 5.41) is 0. The molecule has 0 bridgehead atoms. The van der Waals surface area contributed by atoms with E-state index in [1.807, 2.05) is 18.2 Å². The van der Waals surface area contributed by atoms with Crippen LogP contribution in [-0.2, 0) is 9.53 Å². The standard InChI is InChI=1S/C14H19NO2.ClH/c1-14(2,15)13(16)17-12-8-11(9-12)10-6-4-3-5-7-10;/h3-7,11-12H,8-9,15H2,1-2H3;1H. The first-order valence-electron chi connectivity index (χ1n) is 6.01. The van der Waals surface area contributed by atoms with Crippen molar-refractivity contribution in [1.82, 2.24) is 0 Å². The second-order valence-electron chi connectivity index (χ2n) is 5.33. The highest BCUT2D eigenvalue weighted by Crippen LogP contribution is 2.38. The molecule has 0 aliphatic heterocycles. The molecule has 100 valence electrons. The van der Waals surface area contributed by atoms with E-state index in [4.69, 9.17) is 10.5 Å². The molecule has 0 saturated heterocycles. The van der Waals surface area contributed by atoms with E-state index in [1.54, 1.807) is 13.8 Å². The van der Waals surface area contributed by atoms with Crippen molar-refractivity contribution < 1.29 is 9.53 Å². The normalized spacial score (nSPS) is 22.6. The number of hydrogen-bond acceptors (Lipinski definition) is 3. The fourth-order valence-electron chi connectivity index (χ4n) is 1.96. The zero-order chi connectivity index (χ0) is 12.5. The van der Waals surface area contributed by atoms with Crippen LogP contribution < -0.4 is 5.73 Å². The molecule has 1 aromatic carbocycles. The molecule has 18 heavy (non-hydrogen) atoms. The van der Waals surface area contributed by atoms with Crippen molar-refractivity contribution in [3.05, 3.63) is 35.9 Å². The number of hydrogen-bond donors (Lipinski definition) is 1. The molecule has 1 aliphatic carbocycles. The maximum Gasteiger partial charge on any atom is 0.325 e. The van der Waals surface area contributed by atoms with E-state index in [-0.39, 0.29) is 24.5 Å². The molecule has 0 amide bonds. The number of ether oxygens (including phenoxy) is 1. The molecule has 2 rings (SSSR count). The summed E-state index contributed by atoms with van der Waals surface area (Å²) < 4.78 is 5.34. The van der Waals surface area contributed by atoms with Crippen molar-refractivity contribution in [3.63, 3.8) is 0 Å². The summed E-state index contributed by atoms with van der Waals surface area (Å²) in [4.78, 5) is 11.6. The van der Waals surface area contributed by atoms with Crippen molar-refractivity contribution in [2.45, 2.75) is 44.2 Å². The van der Waals surface area contributed by atoms with Gasteiger partial charge < -0.3 is 10.5 Å². The third-order valence-corrected chi connectivity index (χ3v) is 3.17. The van der Waals surface area contributed by atoms with Crippen LogP contribution in [0, 0.1) is 0 Å². The molecular formula is C14H20ClNO2. The van der Waals surface area contributed by atoms with Gasteiger partial charge in [0.25, 0.3) is 0 Å². The Kier molecular flexibility index (Phi) is 4.77. The van der Waals surface area contributed by atoms with Crippen LogP contribution in [-0.4, -0.2) is 17.6 Å². The fourth-order valence-corrected chi connectivity index (χ4v) is 1.96. The minimum absolute atomic E-state index is 0. The number of carbonyl (C=O) groups excluding carboxylic acids is 1. The van der Waals surface area contributed by atoms with Crippen molar-refractivity contribution in [3.8, 4) is 0 Å². The van der Waals surface area contributed by atoms with Crippen LogP contribution in [0.2, 0.25) is 0 Å². The third kappa shape index (κ3) is 3.47. The van der Waals surface area contributed by atoms with Crippen molar-refractivity contribution in [1.29, 1.82) is 0 Å². The van der Waals surface area contributed by atoms with Gasteiger partial charge in [-0.2, -0.15) is 0 Å². The number of nitrogens with two attached hydrogens (primary N) is 1. The lowest BCUT2D eigenvalue weighted by Gasteiger charge is -2.36. The van der Waals surface area contributed by atoms with E-state index in [1.165, 1.54) is 5.56 Å². The molecule has 1 aromatic rings. The quantitative estimate of drug-likeness (QED) is 0.859. The highest BCUT2D eigenvalue weighted by Gasteiger charge is 2.35. The molecule has 0 spiro atoms. The smallest absolute Gasteiger partial charge is 0.325 e. The Morgan fingerprint density at radius 3 is 2.33 bits per heavy atom. The van der Waals surface area contributed by atoms with Crippen molar-refractivity contribution >= 4 is 18.4 Å². The second-order valence-corrected chi connectivity index (χ2v) is 5.33. The number of halogens is 1. The number of benzene rings is 1. The Morgan fingerprint density at radius 1 is 1.28 bits per heavy atom. The summed E-state index contributed by atoms with van der Waals surface area (Å²) in [6.45, 7) is 3.34. The third-order valence-electron chi connectivity index (χ3n) is 3.17. The predicted octanol–water partition coefficient (Wildman–Crippen LogP) is 2.63. The minimum Gasteiger partial charge on any atom is -0.461 e. The van der Waals surface area contributed by atoms with Gasteiger partial charge in [-0.3, -0.25) is 4.79 Å². The monoisotopic (exact) mass is 269 g/mol. The molecule has 3 nitrogen and oxygen atoms in total. The van der Waals surface area contributed by atoms with Crippen LogP contribution >= 0.6 is 12.4 Å². The molecule has 0 unspecified atom stereocenters. The lowest BCUT2D eigenvalue weighted by atomic mass is 9.77. The average molecular weight is 270 g/mol. The Hall–Kier alpha value is -1.06. The minimum atomic E-state index is -0.891. The van der Waals surface area contributed by atoms with E-state index in [2.05, 4.69) is 12.1 Å². The first kappa shape index (κ1) is 15.0. The first-order valence-corrected chi connectivity index (χ1v) is 6.01. The topological polar surface area (TPSA) is 52.3 Å². The highest BCUT2D eigenvalue weighted by atomic mass is 35.5. The Morgan fingerprint density at radius 2 is 1.83 bits per heavy atom. The van der Waals surface area contributed by atoms with Gasteiger partial charge in [-0.05, 0) is 38.2 Å². The molecule has 4 heteroatoms. The summed E-state index contributed by atoms with van der Waals surface area (Å²) in [5.74, 6) is 0.212. The zero-order valence-corrected chi connectivity index (χ0v) is 11.6. The SMILES string of the molecule is CC(C)(N)C(=O)OC1CC(c2ccccc2)C1.Cl. The first-order chi connectivity index (χ1) is 7.97. The van der Waals surface area contributed by atoms with Crippen molar-refractivity contribution in [2.24, 2.45) is 5.73 Å². The molecule has 1 fully saturated rings. The molecule has 0 atom stereocenters. The number of rotatable bonds is 3. The van der Waals surface area contributed by atoms with Gasteiger partial charge in [0.2, 0.25) is 0 Å². The van der Waals surface area contributed by atoms with Gasteiger partial charge in [0.1, 0.15) is 11.6 Å². The van der Waals surface area contributed by atoms with Gasteiger partial charge in [0.15, 0.2) is 0 Å². The largest absolute Gasteiger partial charge is 0.461 e. The summed E-state index contributed by atoms with van der Waals surface area (Å²) in [7, 11) is 0. The second kappa shape index (κ2) is 5.72. The molecule has 0 aromatic heterocycles. The van der Waals surface area contributed by atoms with Crippen LogP contribution in [0.3, 0.4) is 0 Å². The molecule has 0 heterocycles. The molecule has 1 saturated carbocycles. The summed E-state index contributed by atoms with van der Waals surface area (Å²) in [6.07, 6.45) is 1.85. The zero-order valence-electron chi connectivity index (χ0n) is 10.8. The maximum absolute atomic E-state index is 11.6. The Labute approximate surface area is 114 Å². The van der Waals surface area contributed by atoms with Crippen LogP contribution in [0.25, 0.3) is 0 Å². The van der Waals surface area contributed by atoms with Gasteiger partial charge in [-0.1, -0.05) is 30.3 Å². The summed E-state index contributed by atoms with van der Waals surface area (Å²) in [6, 6.07) is 10.3. The van der Waals surface area contributed by atoms with Crippen molar-refractivity contribution in [2.75, 3.05) is 0 Å². The molecule has 2 N–H and O–H groups in total. The van der Waals surface area contributed by atoms with E-state index < -0.39 is 5.54 Å². The lowest BCUT2D eigenvalue weighted by Crippen LogP contribution is -2.46. The van der Waals surface area contributed by atoms with Gasteiger partial charge >= 0.3 is 5.97 Å². The van der Waals surface area contributed by atoms with Crippen LogP contribution in [0.5, 0.6) is 0 Å². The highest BCUT2D eigenvalue weighted by molar-refractivity contribution is 5.85. The van der Waals surface area contributed by atoms with E-state index in [0.717, 1.165) is 12.8 Å². The van der Waals surface area contributed by atoms with E-state index in [9.17, 15) is 4.79 Å². The van der Waals surface area contributed by atoms with Gasteiger partial charge in [-0.15, -0.1) is 12.4 Å². The molecule has 0 radical (unpaired) electrons. The van der Waals surface area contributed by atoms with E-state index in [0.29, 0.717) is 5.92 Å². The summed E-state index contributed by atoms with van der Waals surface area (Å²) in [5.41, 5.74) is 6.11.